The van der Waals surface area contributed by atoms with Gasteiger partial charge in [0.05, 0.1) is 84.3 Å². The minimum absolute atomic E-state index is 0.00956. The second kappa shape index (κ2) is 46.0. The molecule has 122 heavy (non-hydrogen) atoms. The first-order valence-corrected chi connectivity index (χ1v) is 41.5. The highest BCUT2D eigenvalue weighted by Crippen LogP contribution is 2.41. The normalized spacial score (nSPS) is 26.6. The molecule has 0 saturated carbocycles. The van der Waals surface area contributed by atoms with Gasteiger partial charge in [0.25, 0.3) is 0 Å². The number of amides is 1. The summed E-state index contributed by atoms with van der Waals surface area (Å²) in [6.45, 7) is 2.00. The third-order valence-corrected chi connectivity index (χ3v) is 20.9. The molecule has 0 aliphatic carbocycles. The van der Waals surface area contributed by atoms with Gasteiger partial charge in [0.15, 0.2) is 43.5 Å². The number of alkyl carbamates (subject to hydrolysis) is 1. The van der Waals surface area contributed by atoms with Gasteiger partial charge < -0.3 is 100 Å². The van der Waals surface area contributed by atoms with Gasteiger partial charge in [0.1, 0.15) is 79.8 Å². The summed E-state index contributed by atoms with van der Waals surface area (Å²) in [6.07, 6.45) is -29.4. The molecule has 0 radical (unpaired) electrons. The van der Waals surface area contributed by atoms with Crippen molar-refractivity contribution < 1.29 is 114 Å². The fourth-order valence-corrected chi connectivity index (χ4v) is 14.8. The standard InChI is InChI=1S/C94H100Cl3NO24/c1-61-78(114-62(2)99)83(115-63(3)100)85(109-54-69-41-23-9-24-42-69)91(113-61)121-81-76(98-93(103)112-60-94(95,96)97)89(116-73(77(81)101)57-104-49-64-31-13-4-14-32-64)122-84-79(107-52-67-37-19-7-20-38-67)74(58-105-50-65-33-15-5-16-34-65)118-92(86(84)110-55-70-43-25-10-26-44-70)120-80-75(59-106-51-66-35-17-6-18-36-66)117-90(111-56-71-45-27-11-28-46-71)87(119-88(102)72-47-29-12-30-48-72)82(80)108-53-68-39-21-8-22-40-68/h4-48,61,73-87,89-92,101H,49-60H2,1-3H3,(H,98,103)/t61-,73+,74+,75+,76+,77+,78+,79-,80+,81+,82?,83+,84-,85-,86+,87+,89-,90+,91-,92-/m0/s1. The van der Waals surface area contributed by atoms with E-state index in [-0.39, 0.29) is 78.2 Å². The molecule has 1 unspecified atom stereocenters. The minimum atomic E-state index is -2.16. The van der Waals surface area contributed by atoms with Crippen LogP contribution in [0.1, 0.15) is 75.6 Å². The van der Waals surface area contributed by atoms with Crippen LogP contribution >= 0.6 is 34.8 Å². The summed E-state index contributed by atoms with van der Waals surface area (Å²) in [5, 5.41) is 16.3. The van der Waals surface area contributed by atoms with Gasteiger partial charge in [-0.1, -0.05) is 296 Å². The maximum Gasteiger partial charge on any atom is 0.407 e. The summed E-state index contributed by atoms with van der Waals surface area (Å²) in [7, 11) is 0. The quantitative estimate of drug-likeness (QED) is 0.0206. The smallest absolute Gasteiger partial charge is 0.407 e. The van der Waals surface area contributed by atoms with Crippen LogP contribution in [0, 0.1) is 0 Å². The van der Waals surface area contributed by atoms with Crippen molar-refractivity contribution in [1.29, 1.82) is 0 Å². The Morgan fingerprint density at radius 3 is 1.11 bits per heavy atom. The summed E-state index contributed by atoms with van der Waals surface area (Å²) in [6, 6.07) is 81.6. The highest BCUT2D eigenvalue weighted by Gasteiger charge is 2.60. The Bertz CT molecular complexity index is 4590. The molecule has 4 heterocycles. The molecule has 28 heteroatoms. The van der Waals surface area contributed by atoms with Crippen molar-refractivity contribution in [3.05, 3.63) is 323 Å². The first-order chi connectivity index (χ1) is 59.4. The number of nitrogens with one attached hydrogen (secondary N) is 1. The van der Waals surface area contributed by atoms with Crippen molar-refractivity contribution in [1.82, 2.24) is 5.32 Å². The Morgan fingerprint density at radius 2 is 0.680 bits per heavy atom. The van der Waals surface area contributed by atoms with Crippen LogP contribution in [0.3, 0.4) is 0 Å². The summed E-state index contributed by atoms with van der Waals surface area (Å²) < 4.78 is 129. The summed E-state index contributed by atoms with van der Waals surface area (Å²) in [4.78, 5) is 56.5. The molecular weight excluding hydrogens is 1630 g/mol. The lowest BCUT2D eigenvalue weighted by Gasteiger charge is -2.52. The fraction of sp³-hybridized carbons (Fsp3) is 0.383. The van der Waals surface area contributed by atoms with Crippen LogP contribution in [0.25, 0.3) is 0 Å². The molecule has 25 nitrogen and oxygen atoms in total. The summed E-state index contributed by atoms with van der Waals surface area (Å²) >= 11 is 18.9. The molecule has 4 aliphatic heterocycles. The summed E-state index contributed by atoms with van der Waals surface area (Å²) in [5.41, 5.74) is 6.21. The van der Waals surface area contributed by atoms with Crippen LogP contribution in [0.5, 0.6) is 0 Å². The van der Waals surface area contributed by atoms with Gasteiger partial charge in [-0.15, -0.1) is 0 Å². The molecule has 646 valence electrons. The van der Waals surface area contributed by atoms with Crippen LogP contribution in [0.4, 0.5) is 4.79 Å². The number of halogens is 3. The topological polar surface area (TPSA) is 276 Å². The zero-order chi connectivity index (χ0) is 85.0. The van der Waals surface area contributed by atoms with Gasteiger partial charge in [-0.25, -0.2) is 9.59 Å². The van der Waals surface area contributed by atoms with Crippen molar-refractivity contribution in [3.8, 4) is 0 Å². The van der Waals surface area contributed by atoms with Crippen molar-refractivity contribution >= 4 is 58.8 Å². The van der Waals surface area contributed by atoms with Gasteiger partial charge in [0.2, 0.25) is 3.79 Å². The van der Waals surface area contributed by atoms with Crippen LogP contribution in [-0.2, 0) is 152 Å². The molecule has 0 aromatic heterocycles. The summed E-state index contributed by atoms with van der Waals surface area (Å²) in [5.74, 6) is -2.25. The number of rotatable bonds is 39. The molecule has 20 atom stereocenters. The third-order valence-electron chi connectivity index (χ3n) is 20.5. The zero-order valence-corrected chi connectivity index (χ0v) is 69.8. The highest BCUT2D eigenvalue weighted by molar-refractivity contribution is 6.67. The second-order valence-corrected chi connectivity index (χ2v) is 32.2. The van der Waals surface area contributed by atoms with E-state index < -0.39 is 157 Å². The van der Waals surface area contributed by atoms with E-state index in [1.54, 1.807) is 61.5 Å². The molecular formula is C94H100Cl3NO24. The first kappa shape index (κ1) is 90.6. The number of alkyl halides is 3. The van der Waals surface area contributed by atoms with Gasteiger partial charge in [-0.2, -0.15) is 0 Å². The lowest BCUT2D eigenvalue weighted by Crippen LogP contribution is -2.71. The van der Waals surface area contributed by atoms with Crippen molar-refractivity contribution in [2.45, 2.75) is 200 Å². The van der Waals surface area contributed by atoms with E-state index >= 15 is 9.59 Å². The Kier molecular flexibility index (Phi) is 34.2. The maximum absolute atomic E-state index is 15.0. The monoisotopic (exact) mass is 1730 g/mol. The second-order valence-electron chi connectivity index (χ2n) is 29.7. The van der Waals surface area contributed by atoms with Crippen LogP contribution in [0.2, 0.25) is 0 Å². The average Bonchev–Trinajstić information content (AvgIpc) is 0.758. The predicted molar refractivity (Wildman–Crippen MR) is 446 cm³/mol. The van der Waals surface area contributed by atoms with E-state index in [0.717, 1.165) is 33.4 Å². The number of aliphatic hydroxyl groups is 1. The molecule has 13 rings (SSSR count). The lowest BCUT2D eigenvalue weighted by atomic mass is 9.94. The zero-order valence-electron chi connectivity index (χ0n) is 67.5. The third kappa shape index (κ3) is 26.7. The molecule has 4 aliphatic rings. The molecule has 9 aromatic rings. The van der Waals surface area contributed by atoms with Crippen molar-refractivity contribution in [3.63, 3.8) is 0 Å². The molecule has 9 aromatic carbocycles. The van der Waals surface area contributed by atoms with Gasteiger partial charge in [0, 0.05) is 13.8 Å². The highest BCUT2D eigenvalue weighted by atomic mass is 35.6. The number of hydrogen-bond acceptors (Lipinski definition) is 24. The molecule has 0 bridgehead atoms. The Morgan fingerprint density at radius 1 is 0.344 bits per heavy atom. The number of ether oxygens (including phenoxy) is 19. The molecule has 4 fully saturated rings. The number of esters is 3. The molecule has 2 N–H and O–H groups in total. The number of benzene rings is 9. The first-order valence-electron chi connectivity index (χ1n) is 40.4. The van der Waals surface area contributed by atoms with Crippen LogP contribution in [0.15, 0.2) is 273 Å². The number of aliphatic hydroxyl groups excluding tert-OH is 1. The molecule has 1 amide bonds. The van der Waals surface area contributed by atoms with E-state index in [2.05, 4.69) is 5.32 Å². The SMILES string of the molecule is CC(=O)O[C@H]1[C@H](OCc2ccccc2)[C@H](O[C@H]2[C@H](O)[C@@H](COCc3ccccc3)O[C@@H](O[C@H]3[C@@H](OCc4ccccc4)[C@@H](COCc4ccccc4)O[C@@H](O[C@H]4C(OCc5ccccc5)[C@@H](OC(=O)c5ccccc5)[C@H](OCc5ccccc5)O[C@@H]4COCc4ccccc4)[C@@H]3OCc3ccccc3)[C@@H]2NC(=O)OCC(Cl)(Cl)Cl)O[C@@H](C)[C@H]1OC(C)=O. The Balaban J connectivity index is 0.982. The van der Waals surface area contributed by atoms with Gasteiger partial charge in [-0.3, -0.25) is 9.59 Å². The van der Waals surface area contributed by atoms with Gasteiger partial charge in [-0.05, 0) is 63.6 Å². The number of carbonyl (C=O) groups excluding carboxylic acids is 4. The maximum atomic E-state index is 15.0. The van der Waals surface area contributed by atoms with Gasteiger partial charge >= 0.3 is 24.0 Å². The van der Waals surface area contributed by atoms with E-state index in [9.17, 15) is 14.7 Å². The van der Waals surface area contributed by atoms with Crippen molar-refractivity contribution in [2.24, 2.45) is 0 Å². The van der Waals surface area contributed by atoms with E-state index in [1.165, 1.54) is 13.8 Å². The Hall–Kier alpha value is -9.11. The fourth-order valence-electron chi connectivity index (χ4n) is 14.7. The number of carbonyl (C=O) groups is 4. The Labute approximate surface area is 724 Å². The largest absolute Gasteiger partial charge is 0.456 e. The van der Waals surface area contributed by atoms with Crippen LogP contribution in [-0.4, -0.2) is 182 Å². The average molecular weight is 1730 g/mol. The van der Waals surface area contributed by atoms with E-state index in [1.807, 2.05) is 218 Å². The predicted octanol–water partition coefficient (Wildman–Crippen LogP) is 14.2. The van der Waals surface area contributed by atoms with E-state index in [0.29, 0.717) is 11.1 Å². The molecule has 4 saturated heterocycles. The number of hydrogen-bond donors (Lipinski definition) is 2. The lowest BCUT2D eigenvalue weighted by molar-refractivity contribution is -0.391. The minimum Gasteiger partial charge on any atom is -0.456 e. The molecule has 0 spiro atoms. The van der Waals surface area contributed by atoms with Crippen LogP contribution < -0.4 is 5.32 Å². The van der Waals surface area contributed by atoms with Crippen molar-refractivity contribution in [2.75, 3.05) is 26.4 Å². The van der Waals surface area contributed by atoms with E-state index in [4.69, 9.17) is 125 Å².